The summed E-state index contributed by atoms with van der Waals surface area (Å²) in [6.45, 7) is -2.91. The average Bonchev–Trinajstić information content (AvgIpc) is 3.09. The van der Waals surface area contributed by atoms with Gasteiger partial charge in [-0.2, -0.15) is 13.5 Å². The Balaban J connectivity index is 1.74. The van der Waals surface area contributed by atoms with E-state index in [2.05, 4.69) is 20.3 Å². The van der Waals surface area contributed by atoms with E-state index in [1.54, 1.807) is 28.9 Å². The maximum absolute atomic E-state index is 12.4. The summed E-state index contributed by atoms with van der Waals surface area (Å²) < 4.78 is 35.9. The molecule has 2 aromatic carbocycles. The van der Waals surface area contributed by atoms with Crippen LogP contribution in [0.3, 0.4) is 0 Å². The minimum Gasteiger partial charge on any atom is -0.493 e. The second-order valence-electron chi connectivity index (χ2n) is 5.00. The minimum atomic E-state index is -2.91. The third-order valence-electron chi connectivity index (χ3n) is 3.32. The van der Waals surface area contributed by atoms with E-state index in [1.807, 2.05) is 12.1 Å². The molecule has 0 atom stereocenters. The van der Waals surface area contributed by atoms with Crippen molar-refractivity contribution in [2.24, 2.45) is 0 Å². The van der Waals surface area contributed by atoms with Gasteiger partial charge in [-0.3, -0.25) is 0 Å². The normalized spacial score (nSPS) is 11.0. The summed E-state index contributed by atoms with van der Waals surface area (Å²) in [7, 11) is 1.39. The fourth-order valence-corrected chi connectivity index (χ4v) is 3.12. The molecule has 3 aromatic rings. The van der Waals surface area contributed by atoms with Gasteiger partial charge in [0, 0.05) is 10.8 Å². The van der Waals surface area contributed by atoms with Crippen LogP contribution >= 0.6 is 23.4 Å². The van der Waals surface area contributed by atoms with Crippen LogP contribution in [0, 0.1) is 0 Å². The van der Waals surface area contributed by atoms with Gasteiger partial charge in [0.2, 0.25) is 5.16 Å². The lowest BCUT2D eigenvalue weighted by molar-refractivity contribution is -0.0512. The lowest BCUT2D eigenvalue weighted by Gasteiger charge is -2.11. The molecule has 0 spiro atoms. The summed E-state index contributed by atoms with van der Waals surface area (Å²) in [6, 6.07) is 11.9. The van der Waals surface area contributed by atoms with Crippen LogP contribution in [-0.4, -0.2) is 33.9 Å². The van der Waals surface area contributed by atoms with Crippen LogP contribution in [0.25, 0.3) is 5.69 Å². The van der Waals surface area contributed by atoms with Crippen molar-refractivity contribution in [1.82, 2.24) is 20.2 Å². The predicted octanol–water partition coefficient (Wildman–Crippen LogP) is 4.22. The van der Waals surface area contributed by atoms with E-state index in [0.29, 0.717) is 15.9 Å². The van der Waals surface area contributed by atoms with Gasteiger partial charge in [0.15, 0.2) is 11.5 Å². The molecule has 3 rings (SSSR count). The molecule has 1 aromatic heterocycles. The number of hydrogen-bond donors (Lipinski definition) is 0. The quantitative estimate of drug-likeness (QED) is 0.555. The first-order valence-electron chi connectivity index (χ1n) is 7.35. The van der Waals surface area contributed by atoms with Gasteiger partial charge >= 0.3 is 6.61 Å². The summed E-state index contributed by atoms with van der Waals surface area (Å²) in [5, 5.41) is 12.9. The molecule has 6 nitrogen and oxygen atoms in total. The Morgan fingerprint density at radius 2 is 1.92 bits per heavy atom. The van der Waals surface area contributed by atoms with Crippen molar-refractivity contribution in [3.05, 3.63) is 53.1 Å². The Hall–Kier alpha value is -2.39. The van der Waals surface area contributed by atoms with E-state index < -0.39 is 6.61 Å². The molecule has 0 aliphatic heterocycles. The van der Waals surface area contributed by atoms with Crippen molar-refractivity contribution in [2.75, 3.05) is 7.11 Å². The van der Waals surface area contributed by atoms with E-state index in [-0.39, 0.29) is 11.5 Å². The van der Waals surface area contributed by atoms with Gasteiger partial charge in [-0.1, -0.05) is 29.4 Å². The predicted molar refractivity (Wildman–Crippen MR) is 93.4 cm³/mol. The molecule has 0 aliphatic carbocycles. The van der Waals surface area contributed by atoms with Crippen molar-refractivity contribution >= 4 is 23.4 Å². The van der Waals surface area contributed by atoms with Crippen molar-refractivity contribution in [3.8, 4) is 17.2 Å². The first kappa shape index (κ1) is 18.4. The van der Waals surface area contributed by atoms with Crippen molar-refractivity contribution in [2.45, 2.75) is 17.5 Å². The molecule has 0 bridgehead atoms. The molecule has 1 heterocycles. The van der Waals surface area contributed by atoms with Gasteiger partial charge in [0.25, 0.3) is 0 Å². The van der Waals surface area contributed by atoms with E-state index in [4.69, 9.17) is 16.3 Å². The van der Waals surface area contributed by atoms with Crippen LogP contribution in [-0.2, 0) is 5.75 Å². The fraction of sp³-hybridized carbons (Fsp3) is 0.188. The summed E-state index contributed by atoms with van der Waals surface area (Å²) in [5.74, 6) is 0.738. The number of benzene rings is 2. The van der Waals surface area contributed by atoms with Gasteiger partial charge in [-0.25, -0.2) is 0 Å². The molecule has 0 saturated heterocycles. The highest BCUT2D eigenvalue weighted by atomic mass is 35.5. The van der Waals surface area contributed by atoms with Gasteiger partial charge in [-0.05, 0) is 52.4 Å². The van der Waals surface area contributed by atoms with E-state index in [0.717, 1.165) is 11.3 Å². The largest absolute Gasteiger partial charge is 0.493 e. The standard InChI is InChI=1S/C16H13ClF2N4O2S/c1-24-14-8-10(2-7-13(14)25-15(18)19)9-26-16-20-21-22-23(16)12-5-3-11(17)4-6-12/h2-8,15H,9H2,1H3. The highest BCUT2D eigenvalue weighted by molar-refractivity contribution is 7.98. The molecule has 0 saturated carbocycles. The van der Waals surface area contributed by atoms with E-state index in [1.165, 1.54) is 24.9 Å². The van der Waals surface area contributed by atoms with E-state index >= 15 is 0 Å². The average molecular weight is 399 g/mol. The third kappa shape index (κ3) is 4.41. The smallest absolute Gasteiger partial charge is 0.387 e. The van der Waals surface area contributed by atoms with Crippen LogP contribution < -0.4 is 9.47 Å². The zero-order valence-electron chi connectivity index (χ0n) is 13.5. The molecule has 0 N–H and O–H groups in total. The number of alkyl halides is 2. The minimum absolute atomic E-state index is 0.0118. The Bertz CT molecular complexity index is 877. The molecule has 0 unspecified atom stereocenters. The summed E-state index contributed by atoms with van der Waals surface area (Å²) in [6.07, 6.45) is 0. The lowest BCUT2D eigenvalue weighted by atomic mass is 10.2. The van der Waals surface area contributed by atoms with Crippen LogP contribution in [0.5, 0.6) is 11.5 Å². The Morgan fingerprint density at radius 1 is 1.15 bits per heavy atom. The first-order valence-corrected chi connectivity index (χ1v) is 8.72. The SMILES string of the molecule is COc1cc(CSc2nnnn2-c2ccc(Cl)cc2)ccc1OC(F)F. The van der Waals surface area contributed by atoms with Crippen molar-refractivity contribution in [3.63, 3.8) is 0 Å². The molecule has 0 radical (unpaired) electrons. The highest BCUT2D eigenvalue weighted by Gasteiger charge is 2.13. The first-order chi connectivity index (χ1) is 12.6. The van der Waals surface area contributed by atoms with Gasteiger partial charge in [0.05, 0.1) is 12.8 Å². The topological polar surface area (TPSA) is 62.1 Å². The van der Waals surface area contributed by atoms with Gasteiger partial charge in [-0.15, -0.1) is 5.10 Å². The zero-order chi connectivity index (χ0) is 18.5. The lowest BCUT2D eigenvalue weighted by Crippen LogP contribution is -2.03. The van der Waals surface area contributed by atoms with Gasteiger partial charge in [0.1, 0.15) is 0 Å². The Labute approximate surface area is 157 Å². The molecule has 0 fully saturated rings. The summed E-state index contributed by atoms with van der Waals surface area (Å²) >= 11 is 7.29. The number of thioether (sulfide) groups is 1. The number of nitrogens with zero attached hydrogens (tertiary/aromatic N) is 4. The molecular formula is C16H13ClF2N4O2S. The van der Waals surface area contributed by atoms with Crippen LogP contribution in [0.4, 0.5) is 8.78 Å². The number of tetrazole rings is 1. The second-order valence-corrected chi connectivity index (χ2v) is 6.38. The monoisotopic (exact) mass is 398 g/mol. The summed E-state index contributed by atoms with van der Waals surface area (Å²) in [4.78, 5) is 0. The zero-order valence-corrected chi connectivity index (χ0v) is 15.0. The van der Waals surface area contributed by atoms with Crippen molar-refractivity contribution in [1.29, 1.82) is 0 Å². The molecule has 0 aliphatic rings. The number of methoxy groups -OCH3 is 1. The Morgan fingerprint density at radius 3 is 2.62 bits per heavy atom. The molecule has 0 amide bonds. The Kier molecular flexibility index (Phi) is 5.89. The van der Waals surface area contributed by atoms with Crippen LogP contribution in [0.15, 0.2) is 47.6 Å². The van der Waals surface area contributed by atoms with Crippen LogP contribution in [0.1, 0.15) is 5.56 Å². The summed E-state index contributed by atoms with van der Waals surface area (Å²) in [5.41, 5.74) is 1.62. The second kappa shape index (κ2) is 8.33. The van der Waals surface area contributed by atoms with Crippen LogP contribution in [0.2, 0.25) is 5.02 Å². The number of rotatable bonds is 7. The van der Waals surface area contributed by atoms with Crippen molar-refractivity contribution < 1.29 is 18.3 Å². The van der Waals surface area contributed by atoms with Gasteiger partial charge < -0.3 is 9.47 Å². The third-order valence-corrected chi connectivity index (χ3v) is 4.57. The maximum atomic E-state index is 12.4. The maximum Gasteiger partial charge on any atom is 0.387 e. The van der Waals surface area contributed by atoms with E-state index in [9.17, 15) is 8.78 Å². The molecule has 136 valence electrons. The molecule has 26 heavy (non-hydrogen) atoms. The fourth-order valence-electron chi connectivity index (χ4n) is 2.16. The highest BCUT2D eigenvalue weighted by Crippen LogP contribution is 2.32. The molecule has 10 heteroatoms. The number of ether oxygens (including phenoxy) is 2. The number of aromatic nitrogens is 4. The number of hydrogen-bond acceptors (Lipinski definition) is 6. The number of halogens is 3. The molecular weight excluding hydrogens is 386 g/mol.